The van der Waals surface area contributed by atoms with Crippen molar-refractivity contribution in [2.75, 3.05) is 4.90 Å². The van der Waals surface area contributed by atoms with Crippen molar-refractivity contribution < 1.29 is 4.74 Å². The molecule has 5 aliphatic carbocycles. The molecule has 0 N–H and O–H groups in total. The molecule has 1 heterocycles. The highest BCUT2D eigenvalue weighted by Crippen LogP contribution is 2.69. The Hall–Kier alpha value is -5.08. The summed E-state index contributed by atoms with van der Waals surface area (Å²) in [5.74, 6) is 5.20. The number of benzene rings is 6. The predicted molar refractivity (Wildman–Crippen MR) is 208 cm³/mol. The van der Waals surface area contributed by atoms with E-state index in [9.17, 15) is 0 Å². The molecule has 51 heavy (non-hydrogen) atoms. The van der Waals surface area contributed by atoms with E-state index in [0.29, 0.717) is 11.8 Å². The monoisotopic (exact) mass is 661 g/mol. The molecule has 0 radical (unpaired) electrons. The number of hydrogen-bond donors (Lipinski definition) is 0. The molecule has 12 rings (SSSR count). The van der Waals surface area contributed by atoms with E-state index < -0.39 is 0 Å². The number of para-hydroxylation sites is 1. The lowest BCUT2D eigenvalue weighted by atomic mass is 9.42. The maximum atomic E-state index is 6.84. The molecule has 6 aliphatic rings. The van der Waals surface area contributed by atoms with Crippen molar-refractivity contribution in [3.05, 3.63) is 162 Å². The maximum absolute atomic E-state index is 6.84. The molecule has 0 saturated heterocycles. The van der Waals surface area contributed by atoms with E-state index in [-0.39, 0.29) is 10.8 Å². The minimum Gasteiger partial charge on any atom is -0.457 e. The van der Waals surface area contributed by atoms with Crippen molar-refractivity contribution in [3.63, 3.8) is 0 Å². The van der Waals surface area contributed by atoms with E-state index in [2.05, 4.69) is 158 Å². The summed E-state index contributed by atoms with van der Waals surface area (Å²) in [7, 11) is 0. The van der Waals surface area contributed by atoms with Gasteiger partial charge in [0.15, 0.2) is 0 Å². The Kier molecular flexibility index (Phi) is 6.23. The van der Waals surface area contributed by atoms with Crippen LogP contribution >= 0.6 is 0 Å². The van der Waals surface area contributed by atoms with Gasteiger partial charge in [0.2, 0.25) is 0 Å². The average Bonchev–Trinajstić information content (AvgIpc) is 3.39. The van der Waals surface area contributed by atoms with E-state index in [1.165, 1.54) is 93.7 Å². The van der Waals surface area contributed by atoms with Crippen LogP contribution in [0, 0.1) is 23.7 Å². The molecule has 4 saturated carbocycles. The summed E-state index contributed by atoms with van der Waals surface area (Å²) in [4.78, 5) is 2.51. The minimum atomic E-state index is -0.0860. The third-order valence-corrected chi connectivity index (χ3v) is 13.7. The van der Waals surface area contributed by atoms with Crippen molar-refractivity contribution in [1.29, 1.82) is 0 Å². The van der Waals surface area contributed by atoms with Crippen LogP contribution in [0.4, 0.5) is 17.1 Å². The zero-order chi connectivity index (χ0) is 33.9. The minimum absolute atomic E-state index is 0.00721. The van der Waals surface area contributed by atoms with Crippen molar-refractivity contribution in [2.45, 2.75) is 56.8 Å². The summed E-state index contributed by atoms with van der Waals surface area (Å²) < 4.78 is 6.84. The van der Waals surface area contributed by atoms with Crippen LogP contribution in [0.3, 0.4) is 0 Å². The quantitative estimate of drug-likeness (QED) is 0.186. The number of rotatable bonds is 4. The Morgan fingerprint density at radius 1 is 0.471 bits per heavy atom. The van der Waals surface area contributed by atoms with Crippen LogP contribution in [0.25, 0.3) is 22.3 Å². The lowest BCUT2D eigenvalue weighted by Crippen LogP contribution is -2.57. The summed E-state index contributed by atoms with van der Waals surface area (Å²) >= 11 is 0. The summed E-state index contributed by atoms with van der Waals surface area (Å²) in [5, 5.41) is 0. The van der Waals surface area contributed by atoms with Gasteiger partial charge in [-0.15, -0.1) is 0 Å². The Labute approximate surface area is 301 Å². The number of hydrogen-bond acceptors (Lipinski definition) is 2. The summed E-state index contributed by atoms with van der Waals surface area (Å²) in [5.41, 5.74) is 14.2. The third-order valence-electron chi connectivity index (χ3n) is 13.7. The van der Waals surface area contributed by atoms with Crippen LogP contribution < -0.4 is 9.64 Å². The molecule has 6 aromatic carbocycles. The largest absolute Gasteiger partial charge is 0.457 e. The molecular formula is C49H43NO. The first-order chi connectivity index (χ1) is 25.0. The number of nitrogens with zero attached hydrogens (tertiary/aromatic N) is 1. The van der Waals surface area contributed by atoms with Gasteiger partial charge in [-0.3, -0.25) is 0 Å². The second-order valence-corrected chi connectivity index (χ2v) is 16.6. The first-order valence-corrected chi connectivity index (χ1v) is 19.1. The highest BCUT2D eigenvalue weighted by Gasteiger charge is 2.61. The summed E-state index contributed by atoms with van der Waals surface area (Å²) in [6.45, 7) is 4.76. The number of ether oxygens (including phenoxy) is 1. The molecule has 1 spiro atoms. The third kappa shape index (κ3) is 4.17. The fourth-order valence-electron chi connectivity index (χ4n) is 11.8. The highest BCUT2D eigenvalue weighted by molar-refractivity contribution is 5.87. The van der Waals surface area contributed by atoms with Crippen molar-refractivity contribution >= 4 is 17.1 Å². The van der Waals surface area contributed by atoms with E-state index in [0.717, 1.165) is 23.3 Å². The van der Waals surface area contributed by atoms with Crippen molar-refractivity contribution in [3.8, 4) is 33.8 Å². The van der Waals surface area contributed by atoms with E-state index in [4.69, 9.17) is 4.74 Å². The Morgan fingerprint density at radius 2 is 1.06 bits per heavy atom. The first-order valence-electron chi connectivity index (χ1n) is 19.1. The Bertz CT molecular complexity index is 2320. The summed E-state index contributed by atoms with van der Waals surface area (Å²) in [6.07, 6.45) is 6.81. The molecule has 1 aliphatic heterocycles. The van der Waals surface area contributed by atoms with Gasteiger partial charge in [0.05, 0.1) is 0 Å². The SMILES string of the molecule is CC1(C)c2ccccc2-c2ccc(N(c3cccc(-c4ccccc4)c3)c3ccc4c(c3)C3(c5ccccc5O4)C4CC5CC(C4)CC3C5)cc21. The first kappa shape index (κ1) is 29.6. The Balaban J connectivity index is 1.12. The predicted octanol–water partition coefficient (Wildman–Crippen LogP) is 13.0. The van der Waals surface area contributed by atoms with Crippen LogP contribution in [0.15, 0.2) is 140 Å². The van der Waals surface area contributed by atoms with Gasteiger partial charge in [-0.1, -0.05) is 105 Å². The van der Waals surface area contributed by atoms with Gasteiger partial charge in [-0.05, 0) is 138 Å². The highest BCUT2D eigenvalue weighted by atomic mass is 16.5. The van der Waals surface area contributed by atoms with Crippen LogP contribution in [0.2, 0.25) is 0 Å². The van der Waals surface area contributed by atoms with Gasteiger partial charge in [0, 0.05) is 39.0 Å². The van der Waals surface area contributed by atoms with Crippen molar-refractivity contribution in [1.82, 2.24) is 0 Å². The topological polar surface area (TPSA) is 12.5 Å². The van der Waals surface area contributed by atoms with Gasteiger partial charge < -0.3 is 9.64 Å². The van der Waals surface area contributed by atoms with Crippen LogP contribution in [-0.4, -0.2) is 0 Å². The number of fused-ring (bicyclic) bond motifs is 5. The lowest BCUT2D eigenvalue weighted by Gasteiger charge is -2.63. The second kappa shape index (κ2) is 10.7. The van der Waals surface area contributed by atoms with Gasteiger partial charge in [0.1, 0.15) is 11.5 Å². The average molecular weight is 662 g/mol. The molecule has 2 heteroatoms. The van der Waals surface area contributed by atoms with Crippen LogP contribution in [0.1, 0.15) is 68.2 Å². The smallest absolute Gasteiger partial charge is 0.131 e. The van der Waals surface area contributed by atoms with Gasteiger partial charge in [0.25, 0.3) is 0 Å². The van der Waals surface area contributed by atoms with E-state index >= 15 is 0 Å². The van der Waals surface area contributed by atoms with E-state index in [1.54, 1.807) is 0 Å². The Morgan fingerprint density at radius 3 is 1.84 bits per heavy atom. The molecule has 0 unspecified atom stereocenters. The molecular weight excluding hydrogens is 619 g/mol. The second-order valence-electron chi connectivity index (χ2n) is 16.6. The zero-order valence-corrected chi connectivity index (χ0v) is 29.5. The van der Waals surface area contributed by atoms with Gasteiger partial charge >= 0.3 is 0 Å². The van der Waals surface area contributed by atoms with Crippen molar-refractivity contribution in [2.24, 2.45) is 23.7 Å². The fourth-order valence-corrected chi connectivity index (χ4v) is 11.8. The normalized spacial score (nSPS) is 25.5. The van der Waals surface area contributed by atoms with Gasteiger partial charge in [-0.2, -0.15) is 0 Å². The molecule has 0 aromatic heterocycles. The molecule has 6 aromatic rings. The van der Waals surface area contributed by atoms with Crippen LogP contribution in [-0.2, 0) is 10.8 Å². The number of anilines is 3. The molecule has 250 valence electrons. The van der Waals surface area contributed by atoms with Gasteiger partial charge in [-0.25, -0.2) is 0 Å². The molecule has 2 nitrogen and oxygen atoms in total. The summed E-state index contributed by atoms with van der Waals surface area (Å²) in [6, 6.07) is 52.1. The van der Waals surface area contributed by atoms with E-state index in [1.807, 2.05) is 0 Å². The molecule has 4 bridgehead atoms. The molecule has 4 fully saturated rings. The lowest BCUT2D eigenvalue weighted by molar-refractivity contribution is -0.0452. The van der Waals surface area contributed by atoms with Crippen LogP contribution in [0.5, 0.6) is 11.5 Å². The maximum Gasteiger partial charge on any atom is 0.131 e. The zero-order valence-electron chi connectivity index (χ0n) is 29.5. The molecule has 0 atom stereocenters. The molecule has 0 amide bonds. The standard InChI is InChI=1S/C49H43NO/c1-48(2)42-16-7-6-15-40(42)41-21-19-38(29-44(41)48)50(37-14-10-13-34(28-37)33-11-4-3-5-12-33)39-20-22-47-45(30-39)49(43-17-8-9-18-46(43)51-47)35-24-31-23-32(26-35)27-36(49)25-31/h3-22,28-32,35-36H,23-27H2,1-2H3. The fraction of sp³-hybridized carbons (Fsp3) is 0.265.